The van der Waals surface area contributed by atoms with Gasteiger partial charge in [0.1, 0.15) is 11.5 Å². The van der Waals surface area contributed by atoms with Crippen LogP contribution in [0, 0.1) is 20.8 Å². The van der Waals surface area contributed by atoms with Crippen molar-refractivity contribution in [3.8, 4) is 16.6 Å². The van der Waals surface area contributed by atoms with Crippen LogP contribution in [0.2, 0.25) is 0 Å². The van der Waals surface area contributed by atoms with Crippen LogP contribution < -0.4 is 5.73 Å². The van der Waals surface area contributed by atoms with Crippen molar-refractivity contribution in [3.05, 3.63) is 70.3 Å². The first-order valence-corrected chi connectivity index (χ1v) is 9.85. The molecule has 8 nitrogen and oxygen atoms in total. The van der Waals surface area contributed by atoms with Crippen LogP contribution in [0.5, 0.6) is 0 Å². The Kier molecular flexibility index (Phi) is 5.13. The Morgan fingerprint density at radius 1 is 1.28 bits per heavy atom. The van der Waals surface area contributed by atoms with E-state index in [2.05, 4.69) is 20.2 Å². The number of oxime groups is 1. The first kappa shape index (κ1) is 18.9. The number of rotatable bonds is 6. The molecule has 0 amide bonds. The SMILES string of the molecule is Cc1cc(C)n(-c2ccc(/C(N)=N/OCc3nc(-c4cccs4)oc3C)cn2)n1. The maximum Gasteiger partial charge on any atom is 0.236 e. The van der Waals surface area contributed by atoms with Gasteiger partial charge in [0, 0.05) is 17.5 Å². The van der Waals surface area contributed by atoms with Crippen molar-refractivity contribution in [2.45, 2.75) is 27.4 Å². The third-order valence-corrected chi connectivity index (χ3v) is 5.12. The van der Waals surface area contributed by atoms with Gasteiger partial charge in [-0.05, 0) is 50.4 Å². The van der Waals surface area contributed by atoms with E-state index in [1.807, 2.05) is 56.5 Å². The molecule has 0 aliphatic rings. The minimum Gasteiger partial charge on any atom is -0.440 e. The monoisotopic (exact) mass is 408 g/mol. The highest BCUT2D eigenvalue weighted by molar-refractivity contribution is 7.13. The molecule has 0 unspecified atom stereocenters. The van der Waals surface area contributed by atoms with Crippen molar-refractivity contribution < 1.29 is 9.25 Å². The van der Waals surface area contributed by atoms with E-state index in [-0.39, 0.29) is 12.4 Å². The molecule has 0 spiro atoms. The lowest BCUT2D eigenvalue weighted by Crippen LogP contribution is -2.15. The van der Waals surface area contributed by atoms with E-state index >= 15 is 0 Å². The van der Waals surface area contributed by atoms with E-state index in [4.69, 9.17) is 15.0 Å². The molecule has 0 saturated carbocycles. The number of amidine groups is 1. The predicted molar refractivity (Wildman–Crippen MR) is 111 cm³/mol. The summed E-state index contributed by atoms with van der Waals surface area (Å²) < 4.78 is 7.47. The molecule has 0 fully saturated rings. The Labute approximate surface area is 171 Å². The molecule has 29 heavy (non-hydrogen) atoms. The van der Waals surface area contributed by atoms with Crippen molar-refractivity contribution in [2.75, 3.05) is 0 Å². The van der Waals surface area contributed by atoms with E-state index in [0.717, 1.165) is 16.3 Å². The fourth-order valence-electron chi connectivity index (χ4n) is 2.81. The molecule has 148 valence electrons. The molecule has 0 atom stereocenters. The normalized spacial score (nSPS) is 11.8. The van der Waals surface area contributed by atoms with Crippen LogP contribution in [0.15, 0.2) is 51.5 Å². The largest absolute Gasteiger partial charge is 0.440 e. The Morgan fingerprint density at radius 2 is 2.14 bits per heavy atom. The average Bonchev–Trinajstić information content (AvgIpc) is 3.43. The lowest BCUT2D eigenvalue weighted by Gasteiger charge is -2.05. The fraction of sp³-hybridized carbons (Fsp3) is 0.200. The average molecular weight is 408 g/mol. The van der Waals surface area contributed by atoms with Crippen LogP contribution in [0.3, 0.4) is 0 Å². The molecule has 4 heterocycles. The van der Waals surface area contributed by atoms with Gasteiger partial charge >= 0.3 is 0 Å². The topological polar surface area (TPSA) is 104 Å². The number of aromatic nitrogens is 4. The van der Waals surface area contributed by atoms with Gasteiger partial charge in [0.25, 0.3) is 0 Å². The van der Waals surface area contributed by atoms with E-state index in [9.17, 15) is 0 Å². The molecule has 0 bridgehead atoms. The second-order valence-corrected chi connectivity index (χ2v) is 7.44. The third-order valence-electron chi connectivity index (χ3n) is 4.26. The number of hydrogen-bond donors (Lipinski definition) is 1. The summed E-state index contributed by atoms with van der Waals surface area (Å²) in [5, 5.41) is 10.4. The minimum atomic E-state index is 0.165. The van der Waals surface area contributed by atoms with Crippen LogP contribution in [0.1, 0.15) is 28.4 Å². The van der Waals surface area contributed by atoms with Crippen LogP contribution in [0.25, 0.3) is 16.6 Å². The minimum absolute atomic E-state index is 0.165. The zero-order chi connectivity index (χ0) is 20.4. The molecule has 0 aromatic carbocycles. The second-order valence-electron chi connectivity index (χ2n) is 6.49. The molecule has 0 saturated heterocycles. The number of thiophene rings is 1. The summed E-state index contributed by atoms with van der Waals surface area (Å²) in [4.78, 5) is 15.2. The maximum absolute atomic E-state index is 6.02. The Hall–Kier alpha value is -3.46. The predicted octanol–water partition coefficient (Wildman–Crippen LogP) is 3.75. The Bertz CT molecular complexity index is 1140. The molecule has 2 N–H and O–H groups in total. The van der Waals surface area contributed by atoms with Crippen molar-refractivity contribution in [3.63, 3.8) is 0 Å². The smallest absolute Gasteiger partial charge is 0.236 e. The summed E-state index contributed by atoms with van der Waals surface area (Å²) in [5.74, 6) is 2.22. The molecule has 0 aliphatic heterocycles. The number of nitrogens with two attached hydrogens (primary N) is 1. The molecular formula is C20H20N6O2S. The number of pyridine rings is 1. The molecule has 0 aliphatic carbocycles. The highest BCUT2D eigenvalue weighted by Crippen LogP contribution is 2.26. The second kappa shape index (κ2) is 7.88. The van der Waals surface area contributed by atoms with E-state index < -0.39 is 0 Å². The molecular weight excluding hydrogens is 388 g/mol. The number of oxazole rings is 1. The van der Waals surface area contributed by atoms with Gasteiger partial charge in [-0.2, -0.15) is 5.10 Å². The number of hydrogen-bond acceptors (Lipinski definition) is 7. The number of nitrogens with zero attached hydrogens (tertiary/aromatic N) is 5. The van der Waals surface area contributed by atoms with Gasteiger partial charge in [-0.3, -0.25) is 0 Å². The van der Waals surface area contributed by atoms with Gasteiger partial charge in [-0.25, -0.2) is 14.6 Å². The fourth-order valence-corrected chi connectivity index (χ4v) is 3.46. The van der Waals surface area contributed by atoms with Crippen molar-refractivity contribution >= 4 is 17.2 Å². The molecule has 4 aromatic rings. The van der Waals surface area contributed by atoms with E-state index in [1.165, 1.54) is 0 Å². The van der Waals surface area contributed by atoms with Gasteiger partial charge in [0.2, 0.25) is 5.89 Å². The van der Waals surface area contributed by atoms with Crippen molar-refractivity contribution in [1.82, 2.24) is 19.7 Å². The molecule has 4 aromatic heterocycles. The van der Waals surface area contributed by atoms with Crippen LogP contribution >= 0.6 is 11.3 Å². The zero-order valence-electron chi connectivity index (χ0n) is 16.3. The van der Waals surface area contributed by atoms with Crippen LogP contribution in [-0.4, -0.2) is 25.6 Å². The standard InChI is InChI=1S/C20H20N6O2S/c1-12-9-13(2)26(24-12)18-7-6-15(10-22-18)19(21)25-27-11-16-14(3)28-20(23-16)17-5-4-8-29-17/h4-10H,11H2,1-3H3,(H2,21,25). The maximum atomic E-state index is 6.02. The van der Waals surface area contributed by atoms with Gasteiger partial charge < -0.3 is 15.0 Å². The summed E-state index contributed by atoms with van der Waals surface area (Å²) in [7, 11) is 0. The lowest BCUT2D eigenvalue weighted by atomic mass is 10.2. The zero-order valence-corrected chi connectivity index (χ0v) is 17.1. The van der Waals surface area contributed by atoms with E-state index in [1.54, 1.807) is 22.2 Å². The number of aryl methyl sites for hydroxylation is 3. The quantitative estimate of drug-likeness (QED) is 0.296. The molecule has 4 rings (SSSR count). The van der Waals surface area contributed by atoms with Crippen molar-refractivity contribution in [2.24, 2.45) is 10.9 Å². The molecule has 0 radical (unpaired) electrons. The Balaban J connectivity index is 1.42. The summed E-state index contributed by atoms with van der Waals surface area (Å²) >= 11 is 1.57. The summed E-state index contributed by atoms with van der Waals surface area (Å²) in [6.45, 7) is 5.94. The summed E-state index contributed by atoms with van der Waals surface area (Å²) in [6.07, 6.45) is 1.64. The van der Waals surface area contributed by atoms with Crippen molar-refractivity contribution in [1.29, 1.82) is 0 Å². The highest BCUT2D eigenvalue weighted by atomic mass is 32.1. The van der Waals surface area contributed by atoms with Gasteiger partial charge in [0.15, 0.2) is 18.3 Å². The van der Waals surface area contributed by atoms with Gasteiger partial charge in [-0.15, -0.1) is 11.3 Å². The molecule has 9 heteroatoms. The van der Waals surface area contributed by atoms with Crippen LogP contribution in [0.4, 0.5) is 0 Å². The summed E-state index contributed by atoms with van der Waals surface area (Å²) in [5.41, 5.74) is 9.31. The first-order valence-electron chi connectivity index (χ1n) is 8.97. The third kappa shape index (κ3) is 4.04. The van der Waals surface area contributed by atoms with Crippen LogP contribution in [-0.2, 0) is 11.4 Å². The van der Waals surface area contributed by atoms with E-state index in [0.29, 0.717) is 28.7 Å². The summed E-state index contributed by atoms with van der Waals surface area (Å²) in [6, 6.07) is 9.58. The van der Waals surface area contributed by atoms with Gasteiger partial charge in [-0.1, -0.05) is 11.2 Å². The Morgan fingerprint density at radius 3 is 2.79 bits per heavy atom. The first-order chi connectivity index (χ1) is 14.0. The highest BCUT2D eigenvalue weighted by Gasteiger charge is 2.13. The van der Waals surface area contributed by atoms with Gasteiger partial charge in [0.05, 0.1) is 10.6 Å². The lowest BCUT2D eigenvalue weighted by molar-refractivity contribution is 0.127.